The fraction of sp³-hybridized carbons (Fsp3) is 0.389. The lowest BCUT2D eigenvalue weighted by atomic mass is 9.99. The first kappa shape index (κ1) is 17.4. The third kappa shape index (κ3) is 3.82. The number of ether oxygens (including phenoxy) is 1. The number of carbonyl (C=O) groups is 1. The minimum atomic E-state index is -0.199. The molecule has 2 aromatic heterocycles. The van der Waals surface area contributed by atoms with E-state index in [0.717, 1.165) is 5.69 Å². The Morgan fingerprint density at radius 3 is 2.88 bits per heavy atom. The van der Waals surface area contributed by atoms with Gasteiger partial charge in [-0.1, -0.05) is 6.07 Å². The van der Waals surface area contributed by atoms with Gasteiger partial charge in [-0.25, -0.2) is 0 Å². The van der Waals surface area contributed by atoms with Crippen molar-refractivity contribution in [3.05, 3.63) is 54.1 Å². The van der Waals surface area contributed by atoms with Crippen LogP contribution in [0.25, 0.3) is 0 Å². The lowest BCUT2D eigenvalue weighted by molar-refractivity contribution is -0.140. The predicted octanol–water partition coefficient (Wildman–Crippen LogP) is 2.35. The van der Waals surface area contributed by atoms with E-state index < -0.39 is 0 Å². The molecule has 3 heterocycles. The number of pyridine rings is 1. The average Bonchev–Trinajstić information content (AvgIpc) is 3.19. The SMILES string of the molecule is COC(=O)CCCN1C(=S)N[C@H](c2ccccn2)[C@@H]1c1ccn(C)c1. The van der Waals surface area contributed by atoms with Gasteiger partial charge < -0.3 is 19.5 Å². The molecule has 0 unspecified atom stereocenters. The van der Waals surface area contributed by atoms with Gasteiger partial charge in [0.05, 0.1) is 24.9 Å². The second-order valence-electron chi connectivity index (χ2n) is 6.11. The van der Waals surface area contributed by atoms with E-state index in [-0.39, 0.29) is 18.1 Å². The predicted molar refractivity (Wildman–Crippen MR) is 98.8 cm³/mol. The minimum Gasteiger partial charge on any atom is -0.469 e. The second-order valence-corrected chi connectivity index (χ2v) is 6.50. The first-order valence-electron chi connectivity index (χ1n) is 8.27. The Balaban J connectivity index is 1.85. The van der Waals surface area contributed by atoms with Crippen molar-refractivity contribution in [2.24, 2.45) is 7.05 Å². The van der Waals surface area contributed by atoms with Crippen LogP contribution in [0.1, 0.15) is 36.2 Å². The van der Waals surface area contributed by atoms with Gasteiger partial charge in [-0.3, -0.25) is 9.78 Å². The quantitative estimate of drug-likeness (QED) is 0.632. The molecule has 1 fully saturated rings. The topological polar surface area (TPSA) is 59.4 Å². The maximum absolute atomic E-state index is 11.4. The number of aromatic nitrogens is 2. The molecule has 2 aromatic rings. The van der Waals surface area contributed by atoms with Gasteiger partial charge in [0.2, 0.25) is 0 Å². The van der Waals surface area contributed by atoms with Gasteiger partial charge >= 0.3 is 5.97 Å². The Morgan fingerprint density at radius 1 is 1.40 bits per heavy atom. The number of hydrogen-bond acceptors (Lipinski definition) is 4. The molecule has 6 nitrogen and oxygen atoms in total. The molecular weight excluding hydrogens is 336 g/mol. The highest BCUT2D eigenvalue weighted by Crippen LogP contribution is 2.38. The first-order chi connectivity index (χ1) is 12.1. The molecule has 0 amide bonds. The molecule has 0 spiro atoms. The van der Waals surface area contributed by atoms with Crippen LogP contribution in [-0.2, 0) is 16.6 Å². The summed E-state index contributed by atoms with van der Waals surface area (Å²) in [6.45, 7) is 0.684. The molecule has 0 aliphatic carbocycles. The number of hydrogen-bond donors (Lipinski definition) is 1. The summed E-state index contributed by atoms with van der Waals surface area (Å²) in [4.78, 5) is 18.1. The summed E-state index contributed by atoms with van der Waals surface area (Å²) in [6.07, 6.45) is 6.99. The van der Waals surface area contributed by atoms with Crippen LogP contribution < -0.4 is 5.32 Å². The zero-order chi connectivity index (χ0) is 17.8. The summed E-state index contributed by atoms with van der Waals surface area (Å²) in [5, 5.41) is 4.09. The van der Waals surface area contributed by atoms with Crippen LogP contribution in [0.15, 0.2) is 42.9 Å². The molecule has 3 rings (SSSR count). The van der Waals surface area contributed by atoms with E-state index in [9.17, 15) is 4.79 Å². The highest BCUT2D eigenvalue weighted by Gasteiger charge is 2.39. The van der Waals surface area contributed by atoms with E-state index in [1.807, 2.05) is 36.0 Å². The van der Waals surface area contributed by atoms with E-state index in [2.05, 4.69) is 27.5 Å². The van der Waals surface area contributed by atoms with Crippen LogP contribution in [-0.4, -0.2) is 39.2 Å². The number of aryl methyl sites for hydroxylation is 1. The number of methoxy groups -OCH3 is 1. The Labute approximate surface area is 152 Å². The monoisotopic (exact) mass is 358 g/mol. The zero-order valence-electron chi connectivity index (χ0n) is 14.4. The molecular formula is C18H22N4O2S. The molecule has 1 aliphatic rings. The third-order valence-electron chi connectivity index (χ3n) is 4.40. The molecule has 0 bridgehead atoms. The van der Waals surface area contributed by atoms with Crippen LogP contribution in [0.4, 0.5) is 0 Å². The molecule has 132 valence electrons. The molecule has 1 aliphatic heterocycles. The van der Waals surface area contributed by atoms with Gasteiger partial charge in [0.15, 0.2) is 5.11 Å². The summed E-state index contributed by atoms with van der Waals surface area (Å²) in [7, 11) is 3.41. The van der Waals surface area contributed by atoms with E-state index in [4.69, 9.17) is 17.0 Å². The second kappa shape index (κ2) is 7.65. The smallest absolute Gasteiger partial charge is 0.305 e. The maximum atomic E-state index is 11.4. The largest absolute Gasteiger partial charge is 0.469 e. The highest BCUT2D eigenvalue weighted by atomic mass is 32.1. The summed E-state index contributed by atoms with van der Waals surface area (Å²) >= 11 is 5.57. The number of carbonyl (C=O) groups excluding carboxylic acids is 1. The van der Waals surface area contributed by atoms with Crippen molar-refractivity contribution in [2.75, 3.05) is 13.7 Å². The average molecular weight is 358 g/mol. The normalized spacial score (nSPS) is 19.8. The Hall–Kier alpha value is -2.41. The maximum Gasteiger partial charge on any atom is 0.305 e. The zero-order valence-corrected chi connectivity index (χ0v) is 15.2. The number of thiocarbonyl (C=S) groups is 1. The van der Waals surface area contributed by atoms with Crippen molar-refractivity contribution in [1.82, 2.24) is 19.8 Å². The number of nitrogens with zero attached hydrogens (tertiary/aromatic N) is 3. The molecule has 25 heavy (non-hydrogen) atoms. The standard InChI is InChI=1S/C18H22N4O2S/c1-21-11-8-13(12-21)17-16(14-6-3-4-9-19-14)20-18(25)22(17)10-5-7-15(23)24-2/h3-4,6,8-9,11-12,16-17H,5,7,10H2,1-2H3,(H,20,25)/t16-,17+/m1/s1. The van der Waals surface area contributed by atoms with Crippen LogP contribution in [0.5, 0.6) is 0 Å². The summed E-state index contributed by atoms with van der Waals surface area (Å²) < 4.78 is 6.75. The van der Waals surface area contributed by atoms with Crippen molar-refractivity contribution in [3.8, 4) is 0 Å². The molecule has 7 heteroatoms. The fourth-order valence-electron chi connectivity index (χ4n) is 3.21. The van der Waals surface area contributed by atoms with Gasteiger partial charge in [-0.05, 0) is 42.4 Å². The summed E-state index contributed by atoms with van der Waals surface area (Å²) in [5.41, 5.74) is 2.12. The molecule has 0 radical (unpaired) electrons. The van der Waals surface area contributed by atoms with Crippen molar-refractivity contribution < 1.29 is 9.53 Å². The van der Waals surface area contributed by atoms with Gasteiger partial charge in [-0.15, -0.1) is 0 Å². The van der Waals surface area contributed by atoms with Gasteiger partial charge in [-0.2, -0.15) is 0 Å². The van der Waals surface area contributed by atoms with Crippen molar-refractivity contribution in [3.63, 3.8) is 0 Å². The molecule has 0 saturated carbocycles. The third-order valence-corrected chi connectivity index (χ3v) is 4.75. The molecule has 1 saturated heterocycles. The first-order valence-corrected chi connectivity index (χ1v) is 8.67. The van der Waals surface area contributed by atoms with Crippen molar-refractivity contribution in [2.45, 2.75) is 24.9 Å². The van der Waals surface area contributed by atoms with Gasteiger partial charge in [0.25, 0.3) is 0 Å². The van der Waals surface area contributed by atoms with E-state index in [0.29, 0.717) is 24.5 Å². The van der Waals surface area contributed by atoms with Crippen molar-refractivity contribution >= 4 is 23.3 Å². The Bertz CT molecular complexity index is 747. The van der Waals surface area contributed by atoms with Crippen LogP contribution in [0, 0.1) is 0 Å². The summed E-state index contributed by atoms with van der Waals surface area (Å²) in [6, 6.07) is 8.02. The number of rotatable bonds is 6. The molecule has 2 atom stereocenters. The minimum absolute atomic E-state index is 0.0192. The molecule has 0 aromatic carbocycles. The van der Waals surface area contributed by atoms with Crippen LogP contribution in [0.3, 0.4) is 0 Å². The van der Waals surface area contributed by atoms with Gasteiger partial charge in [0.1, 0.15) is 0 Å². The number of nitrogens with one attached hydrogen (secondary N) is 1. The Kier molecular flexibility index (Phi) is 5.33. The van der Waals surface area contributed by atoms with Crippen LogP contribution in [0.2, 0.25) is 0 Å². The fourth-order valence-corrected chi connectivity index (χ4v) is 3.54. The van der Waals surface area contributed by atoms with E-state index in [1.54, 1.807) is 6.20 Å². The molecule has 1 N–H and O–H groups in total. The lowest BCUT2D eigenvalue weighted by Gasteiger charge is -2.27. The Morgan fingerprint density at radius 2 is 2.24 bits per heavy atom. The summed E-state index contributed by atoms with van der Waals surface area (Å²) in [5.74, 6) is -0.199. The van der Waals surface area contributed by atoms with Crippen LogP contribution >= 0.6 is 12.2 Å². The number of esters is 1. The lowest BCUT2D eigenvalue weighted by Crippen LogP contribution is -2.30. The van der Waals surface area contributed by atoms with Crippen molar-refractivity contribution in [1.29, 1.82) is 0 Å². The van der Waals surface area contributed by atoms with E-state index >= 15 is 0 Å². The van der Waals surface area contributed by atoms with E-state index in [1.165, 1.54) is 12.7 Å². The van der Waals surface area contributed by atoms with Gasteiger partial charge in [0, 0.05) is 38.6 Å². The highest BCUT2D eigenvalue weighted by molar-refractivity contribution is 7.80.